The van der Waals surface area contributed by atoms with Gasteiger partial charge < -0.3 is 10.2 Å². The number of carbonyl (C=O) groups is 2. The molecule has 4 aromatic rings. The highest BCUT2D eigenvalue weighted by Gasteiger charge is 2.37. The summed E-state index contributed by atoms with van der Waals surface area (Å²) >= 11 is 9.30. The summed E-state index contributed by atoms with van der Waals surface area (Å²) in [4.78, 5) is 29.5. The van der Waals surface area contributed by atoms with Gasteiger partial charge >= 0.3 is 6.18 Å². The van der Waals surface area contributed by atoms with Crippen molar-refractivity contribution in [3.05, 3.63) is 129 Å². The number of anilines is 1. The maximum absolute atomic E-state index is 14.5. The third-order valence-corrected chi connectivity index (χ3v) is 10.3. The summed E-state index contributed by atoms with van der Waals surface area (Å²) < 4.78 is 71.3. The van der Waals surface area contributed by atoms with Gasteiger partial charge in [-0.05, 0) is 66.9 Å². The van der Waals surface area contributed by atoms with Crippen LogP contribution in [0.4, 0.5) is 18.9 Å². The highest BCUT2D eigenvalue weighted by atomic mass is 79.9. The summed E-state index contributed by atoms with van der Waals surface area (Å²) in [5.74, 6) is -1.27. The molecule has 0 radical (unpaired) electrons. The molecular formula is C35H34BrClF3N3O4S. The smallest absolute Gasteiger partial charge is 0.352 e. The van der Waals surface area contributed by atoms with Crippen molar-refractivity contribution < 1.29 is 31.2 Å². The van der Waals surface area contributed by atoms with Crippen LogP contribution >= 0.6 is 27.5 Å². The standard InChI is InChI=1S/C35H34BrClF3N3O4S/c1-3-24(2)41-34(45)32(20-25-11-6-4-7-12-25)42(22-26-13-10-14-27(36)19-26)33(44)23-43(48(46,47)29-15-8-5-9-16-29)28-17-18-31(37)30(21-28)35(38,39)40/h4-19,21,24,32H,3,20,22-23H2,1-2H3,(H,41,45)/t24-,32-/m1/s1. The Morgan fingerprint density at radius 1 is 0.896 bits per heavy atom. The normalized spacial score (nSPS) is 13.0. The maximum Gasteiger partial charge on any atom is 0.417 e. The molecule has 4 rings (SSSR count). The molecule has 254 valence electrons. The number of amides is 2. The fourth-order valence-corrected chi connectivity index (χ4v) is 7.06. The summed E-state index contributed by atoms with van der Waals surface area (Å²) in [5, 5.41) is 2.31. The fraction of sp³-hybridized carbons (Fsp3) is 0.257. The van der Waals surface area contributed by atoms with Crippen LogP contribution < -0.4 is 9.62 Å². The lowest BCUT2D eigenvalue weighted by molar-refractivity contribution is -0.140. The summed E-state index contributed by atoms with van der Waals surface area (Å²) in [7, 11) is -4.60. The molecule has 48 heavy (non-hydrogen) atoms. The first-order chi connectivity index (χ1) is 22.7. The van der Waals surface area contributed by atoms with Crippen molar-refractivity contribution in [2.45, 2.75) is 56.4 Å². The molecule has 7 nitrogen and oxygen atoms in total. The van der Waals surface area contributed by atoms with Crippen molar-refractivity contribution in [1.29, 1.82) is 0 Å². The monoisotopic (exact) mass is 763 g/mol. The quantitative estimate of drug-likeness (QED) is 0.150. The molecule has 4 aromatic carbocycles. The third kappa shape index (κ3) is 9.39. The van der Waals surface area contributed by atoms with Crippen molar-refractivity contribution in [2.24, 2.45) is 0 Å². The zero-order valence-electron chi connectivity index (χ0n) is 26.1. The van der Waals surface area contributed by atoms with Gasteiger partial charge in [0.25, 0.3) is 10.0 Å². The average Bonchev–Trinajstić information content (AvgIpc) is 3.05. The van der Waals surface area contributed by atoms with Gasteiger partial charge in [-0.3, -0.25) is 13.9 Å². The van der Waals surface area contributed by atoms with Crippen molar-refractivity contribution in [2.75, 3.05) is 10.8 Å². The molecule has 0 fully saturated rings. The minimum absolute atomic E-state index is 0.0907. The molecule has 0 saturated carbocycles. The van der Waals surface area contributed by atoms with Crippen LogP contribution in [-0.4, -0.2) is 43.8 Å². The van der Waals surface area contributed by atoms with Gasteiger partial charge in [-0.2, -0.15) is 13.2 Å². The molecule has 0 saturated heterocycles. The van der Waals surface area contributed by atoms with E-state index in [0.717, 1.165) is 17.7 Å². The first-order valence-corrected chi connectivity index (χ1v) is 17.6. The van der Waals surface area contributed by atoms with Gasteiger partial charge in [0.15, 0.2) is 0 Å². The number of rotatable bonds is 13. The van der Waals surface area contributed by atoms with Gasteiger partial charge in [-0.25, -0.2) is 8.42 Å². The van der Waals surface area contributed by atoms with Gasteiger partial charge in [-0.15, -0.1) is 0 Å². The van der Waals surface area contributed by atoms with E-state index in [9.17, 15) is 31.2 Å². The van der Waals surface area contributed by atoms with Gasteiger partial charge in [0.1, 0.15) is 12.6 Å². The largest absolute Gasteiger partial charge is 0.417 e. The van der Waals surface area contributed by atoms with Crippen LogP contribution in [0.5, 0.6) is 0 Å². The van der Waals surface area contributed by atoms with E-state index in [1.165, 1.54) is 29.2 Å². The number of sulfonamides is 1. The Morgan fingerprint density at radius 3 is 2.12 bits per heavy atom. The summed E-state index contributed by atoms with van der Waals surface area (Å²) in [6.45, 7) is 2.71. The number of carbonyl (C=O) groups excluding carboxylic acids is 2. The zero-order chi connectivity index (χ0) is 35.1. The average molecular weight is 765 g/mol. The van der Waals surface area contributed by atoms with E-state index in [4.69, 9.17) is 11.6 Å². The van der Waals surface area contributed by atoms with E-state index in [2.05, 4.69) is 21.2 Å². The number of nitrogens with one attached hydrogen (secondary N) is 1. The van der Waals surface area contributed by atoms with Gasteiger partial charge in [0.2, 0.25) is 11.8 Å². The fourth-order valence-electron chi connectivity index (χ4n) is 4.96. The molecule has 0 aliphatic rings. The minimum Gasteiger partial charge on any atom is -0.352 e. The van der Waals surface area contributed by atoms with Crippen molar-refractivity contribution in [1.82, 2.24) is 10.2 Å². The first kappa shape index (κ1) is 37.0. The number of benzene rings is 4. The van der Waals surface area contributed by atoms with Crippen LogP contribution in [0.3, 0.4) is 0 Å². The van der Waals surface area contributed by atoms with Crippen molar-refractivity contribution in [3.63, 3.8) is 0 Å². The second-order valence-electron chi connectivity index (χ2n) is 11.2. The van der Waals surface area contributed by atoms with E-state index in [1.54, 1.807) is 42.5 Å². The highest BCUT2D eigenvalue weighted by molar-refractivity contribution is 9.10. The van der Waals surface area contributed by atoms with Crippen LogP contribution in [0, 0.1) is 0 Å². The van der Waals surface area contributed by atoms with Crippen LogP contribution in [0.15, 0.2) is 112 Å². The van der Waals surface area contributed by atoms with E-state index >= 15 is 0 Å². The first-order valence-electron chi connectivity index (χ1n) is 15.0. The Balaban J connectivity index is 1.86. The predicted octanol–water partition coefficient (Wildman–Crippen LogP) is 7.87. The molecule has 0 aliphatic carbocycles. The lowest BCUT2D eigenvalue weighted by atomic mass is 10.0. The SMILES string of the molecule is CC[C@@H](C)NC(=O)[C@@H](Cc1ccccc1)N(Cc1cccc(Br)c1)C(=O)CN(c1ccc(Cl)c(C(F)(F)F)c1)S(=O)(=O)c1ccccc1. The van der Waals surface area contributed by atoms with Gasteiger partial charge in [0, 0.05) is 23.5 Å². The van der Waals surface area contributed by atoms with E-state index in [1.807, 2.05) is 32.0 Å². The number of hydrogen-bond acceptors (Lipinski definition) is 4. The van der Waals surface area contributed by atoms with Crippen LogP contribution in [0.2, 0.25) is 5.02 Å². The molecule has 1 N–H and O–H groups in total. The van der Waals surface area contributed by atoms with Crippen LogP contribution in [0.25, 0.3) is 0 Å². The molecule has 0 bridgehead atoms. The second-order valence-corrected chi connectivity index (χ2v) is 14.3. The molecule has 0 aromatic heterocycles. The number of alkyl halides is 3. The summed E-state index contributed by atoms with van der Waals surface area (Å²) in [6.07, 6.45) is -4.20. The van der Waals surface area contributed by atoms with E-state index in [0.29, 0.717) is 26.8 Å². The number of hydrogen-bond donors (Lipinski definition) is 1. The van der Waals surface area contributed by atoms with Crippen LogP contribution in [-0.2, 0) is 38.8 Å². The molecule has 0 heterocycles. The Hall–Kier alpha value is -3.87. The van der Waals surface area contributed by atoms with Crippen LogP contribution in [0.1, 0.15) is 37.0 Å². The predicted molar refractivity (Wildman–Crippen MR) is 184 cm³/mol. The summed E-state index contributed by atoms with van der Waals surface area (Å²) in [5.41, 5.74) is -0.302. The molecule has 2 atom stereocenters. The topological polar surface area (TPSA) is 86.8 Å². The minimum atomic E-state index is -4.90. The lowest BCUT2D eigenvalue weighted by Gasteiger charge is -2.34. The van der Waals surface area contributed by atoms with Crippen molar-refractivity contribution in [3.8, 4) is 0 Å². The van der Waals surface area contributed by atoms with Gasteiger partial charge in [-0.1, -0.05) is 95.1 Å². The Labute approximate surface area is 291 Å². The highest BCUT2D eigenvalue weighted by Crippen LogP contribution is 2.38. The molecule has 0 spiro atoms. The molecule has 13 heteroatoms. The second kappa shape index (κ2) is 16.0. The maximum atomic E-state index is 14.5. The summed E-state index contributed by atoms with van der Waals surface area (Å²) in [6, 6.07) is 24.5. The van der Waals surface area contributed by atoms with E-state index < -0.39 is 56.9 Å². The third-order valence-electron chi connectivity index (χ3n) is 7.67. The molecule has 0 unspecified atom stereocenters. The number of halogens is 5. The Morgan fingerprint density at radius 2 is 1.52 bits per heavy atom. The Kier molecular flexibility index (Phi) is 12.3. The van der Waals surface area contributed by atoms with Crippen molar-refractivity contribution >= 4 is 55.1 Å². The van der Waals surface area contributed by atoms with Gasteiger partial charge in [0.05, 0.1) is 21.2 Å². The molecule has 2 amide bonds. The molecular weight excluding hydrogens is 731 g/mol. The zero-order valence-corrected chi connectivity index (χ0v) is 29.3. The Bertz CT molecular complexity index is 1830. The lowest BCUT2D eigenvalue weighted by Crippen LogP contribution is -2.54. The number of nitrogens with zero attached hydrogens (tertiary/aromatic N) is 2. The van der Waals surface area contributed by atoms with E-state index in [-0.39, 0.29) is 23.9 Å². The molecule has 0 aliphatic heterocycles.